The molecule has 2 heteroatoms. The van der Waals surface area contributed by atoms with Gasteiger partial charge in [-0.3, -0.25) is 5.32 Å². The van der Waals surface area contributed by atoms with E-state index >= 15 is 0 Å². The van der Waals surface area contributed by atoms with Crippen LogP contribution in [0.2, 0.25) is 0 Å². The predicted octanol–water partition coefficient (Wildman–Crippen LogP) is 5.37. The van der Waals surface area contributed by atoms with E-state index in [4.69, 9.17) is 4.74 Å². The molecule has 0 saturated heterocycles. The van der Waals surface area contributed by atoms with Gasteiger partial charge in [-0.25, -0.2) is 0 Å². The van der Waals surface area contributed by atoms with E-state index in [0.29, 0.717) is 6.04 Å². The number of hydrogen-bond acceptors (Lipinski definition) is 2. The molecule has 0 radical (unpaired) electrons. The molecule has 1 aliphatic carbocycles. The summed E-state index contributed by atoms with van der Waals surface area (Å²) < 4.78 is 5.68. The number of hydrogen-bond donors (Lipinski definition) is 1. The van der Waals surface area contributed by atoms with E-state index in [0.717, 1.165) is 31.1 Å². The Balaban J connectivity index is 2.06. The Morgan fingerprint density at radius 3 is 2.33 bits per heavy atom. The van der Waals surface area contributed by atoms with Gasteiger partial charge in [0, 0.05) is 12.6 Å². The van der Waals surface area contributed by atoms with E-state index in [-0.39, 0.29) is 0 Å². The third-order valence-electron chi connectivity index (χ3n) is 5.10. The first-order valence-corrected chi connectivity index (χ1v) is 9.46. The maximum Gasteiger partial charge on any atom is 0.0967 e. The first-order chi connectivity index (χ1) is 10.2. The van der Waals surface area contributed by atoms with Crippen LogP contribution < -0.4 is 5.32 Å². The third-order valence-corrected chi connectivity index (χ3v) is 5.10. The van der Waals surface area contributed by atoms with Crippen LogP contribution in [-0.2, 0) is 4.74 Å². The van der Waals surface area contributed by atoms with Crippen LogP contribution in [0.5, 0.6) is 0 Å². The molecule has 0 aromatic heterocycles. The maximum absolute atomic E-state index is 5.68. The van der Waals surface area contributed by atoms with E-state index in [9.17, 15) is 0 Å². The Labute approximate surface area is 133 Å². The fourth-order valence-corrected chi connectivity index (χ4v) is 3.54. The monoisotopic (exact) mass is 297 g/mol. The molecule has 0 aromatic carbocycles. The molecule has 0 spiro atoms. The summed E-state index contributed by atoms with van der Waals surface area (Å²) >= 11 is 0. The van der Waals surface area contributed by atoms with Gasteiger partial charge in [0.25, 0.3) is 0 Å². The fourth-order valence-electron chi connectivity index (χ4n) is 3.54. The highest BCUT2D eigenvalue weighted by atomic mass is 16.5. The number of nitrogens with one attached hydrogen (secondary N) is 1. The van der Waals surface area contributed by atoms with E-state index in [1.54, 1.807) is 0 Å². The van der Waals surface area contributed by atoms with Crippen molar-refractivity contribution in [2.75, 3.05) is 13.3 Å². The Morgan fingerprint density at radius 2 is 1.76 bits per heavy atom. The molecule has 0 aliphatic heterocycles. The lowest BCUT2D eigenvalue weighted by Crippen LogP contribution is -2.35. The topological polar surface area (TPSA) is 21.3 Å². The number of rotatable bonds is 11. The van der Waals surface area contributed by atoms with Crippen LogP contribution in [0.25, 0.3) is 0 Å². The average Bonchev–Trinajstić information content (AvgIpc) is 2.47. The molecule has 0 amide bonds. The van der Waals surface area contributed by atoms with E-state index in [2.05, 4.69) is 33.0 Å². The molecule has 0 heterocycles. The zero-order valence-corrected chi connectivity index (χ0v) is 15.0. The molecular formula is C19H39NO. The van der Waals surface area contributed by atoms with Gasteiger partial charge in [0.1, 0.15) is 0 Å². The second kappa shape index (κ2) is 11.5. The molecule has 0 aromatic rings. The van der Waals surface area contributed by atoms with Crippen LogP contribution in [0.15, 0.2) is 0 Å². The van der Waals surface area contributed by atoms with Crippen molar-refractivity contribution in [2.45, 2.75) is 91.5 Å². The van der Waals surface area contributed by atoms with Crippen LogP contribution in [0, 0.1) is 17.8 Å². The molecule has 21 heavy (non-hydrogen) atoms. The molecule has 0 bridgehead atoms. The molecule has 126 valence electrons. The molecule has 1 aliphatic rings. The zero-order chi connectivity index (χ0) is 15.5. The lowest BCUT2D eigenvalue weighted by atomic mass is 9.79. The highest BCUT2D eigenvalue weighted by Gasteiger charge is 2.22. The van der Waals surface area contributed by atoms with E-state index in [1.165, 1.54) is 57.8 Å². The van der Waals surface area contributed by atoms with Crippen molar-refractivity contribution in [3.05, 3.63) is 0 Å². The van der Waals surface area contributed by atoms with Crippen molar-refractivity contribution in [1.29, 1.82) is 0 Å². The minimum atomic E-state index is 0.701. The summed E-state index contributed by atoms with van der Waals surface area (Å²) in [4.78, 5) is 0. The van der Waals surface area contributed by atoms with Crippen LogP contribution in [0.1, 0.15) is 85.5 Å². The predicted molar refractivity (Wildman–Crippen MR) is 92.5 cm³/mol. The SMILES string of the molecule is CCCC(CC)CC1CCC(NCOCCC(C)C)CC1. The second-order valence-corrected chi connectivity index (χ2v) is 7.46. The van der Waals surface area contributed by atoms with Crippen molar-refractivity contribution in [3.8, 4) is 0 Å². The summed E-state index contributed by atoms with van der Waals surface area (Å²) in [6, 6.07) is 0.701. The quantitative estimate of drug-likeness (QED) is 0.409. The van der Waals surface area contributed by atoms with Gasteiger partial charge < -0.3 is 4.74 Å². The Hall–Kier alpha value is -0.0800. The summed E-state index contributed by atoms with van der Waals surface area (Å²) in [6.45, 7) is 10.8. The van der Waals surface area contributed by atoms with Gasteiger partial charge in [-0.1, -0.05) is 47.0 Å². The minimum Gasteiger partial charge on any atom is -0.366 e. The highest BCUT2D eigenvalue weighted by molar-refractivity contribution is 4.78. The Kier molecular flexibility index (Phi) is 10.4. The van der Waals surface area contributed by atoms with Crippen molar-refractivity contribution >= 4 is 0 Å². The first kappa shape index (κ1) is 19.0. The first-order valence-electron chi connectivity index (χ1n) is 9.46. The van der Waals surface area contributed by atoms with Crippen LogP contribution >= 0.6 is 0 Å². The van der Waals surface area contributed by atoms with Crippen LogP contribution in [0.4, 0.5) is 0 Å². The van der Waals surface area contributed by atoms with Crippen LogP contribution in [0.3, 0.4) is 0 Å². The lowest BCUT2D eigenvalue weighted by Gasteiger charge is -2.31. The normalized spacial score (nSPS) is 24.4. The molecular weight excluding hydrogens is 258 g/mol. The Bertz CT molecular complexity index is 234. The van der Waals surface area contributed by atoms with Crippen molar-refractivity contribution in [1.82, 2.24) is 5.32 Å². The van der Waals surface area contributed by atoms with Gasteiger partial charge in [-0.05, 0) is 56.3 Å². The van der Waals surface area contributed by atoms with Crippen molar-refractivity contribution in [3.63, 3.8) is 0 Å². The molecule has 1 N–H and O–H groups in total. The Morgan fingerprint density at radius 1 is 1.05 bits per heavy atom. The summed E-state index contributed by atoms with van der Waals surface area (Å²) in [5, 5.41) is 3.59. The van der Waals surface area contributed by atoms with E-state index in [1.807, 2.05) is 0 Å². The summed E-state index contributed by atoms with van der Waals surface area (Å²) in [5.41, 5.74) is 0. The van der Waals surface area contributed by atoms with Crippen molar-refractivity contribution in [2.24, 2.45) is 17.8 Å². The van der Waals surface area contributed by atoms with E-state index < -0.39 is 0 Å². The molecule has 1 saturated carbocycles. The summed E-state index contributed by atoms with van der Waals surface area (Å²) in [6.07, 6.45) is 12.3. The smallest absolute Gasteiger partial charge is 0.0967 e. The van der Waals surface area contributed by atoms with Gasteiger partial charge in [0.15, 0.2) is 0 Å². The second-order valence-electron chi connectivity index (χ2n) is 7.46. The van der Waals surface area contributed by atoms with Gasteiger partial charge in [0.05, 0.1) is 6.73 Å². The van der Waals surface area contributed by atoms with Crippen molar-refractivity contribution < 1.29 is 4.74 Å². The van der Waals surface area contributed by atoms with Crippen LogP contribution in [-0.4, -0.2) is 19.4 Å². The van der Waals surface area contributed by atoms with Gasteiger partial charge in [-0.15, -0.1) is 0 Å². The summed E-state index contributed by atoms with van der Waals surface area (Å²) in [5.74, 6) is 2.71. The average molecular weight is 298 g/mol. The van der Waals surface area contributed by atoms with Gasteiger partial charge in [-0.2, -0.15) is 0 Å². The molecule has 2 nitrogen and oxygen atoms in total. The number of ether oxygens (including phenoxy) is 1. The fraction of sp³-hybridized carbons (Fsp3) is 1.00. The highest BCUT2D eigenvalue weighted by Crippen LogP contribution is 2.31. The van der Waals surface area contributed by atoms with Gasteiger partial charge in [0.2, 0.25) is 0 Å². The van der Waals surface area contributed by atoms with Gasteiger partial charge >= 0.3 is 0 Å². The lowest BCUT2D eigenvalue weighted by molar-refractivity contribution is 0.0909. The molecule has 1 fully saturated rings. The molecule has 1 unspecified atom stereocenters. The summed E-state index contributed by atoms with van der Waals surface area (Å²) in [7, 11) is 0. The zero-order valence-electron chi connectivity index (χ0n) is 15.0. The largest absolute Gasteiger partial charge is 0.366 e. The minimum absolute atomic E-state index is 0.701. The third kappa shape index (κ3) is 8.83. The standard InChI is InChI=1S/C19H39NO/c1-5-7-17(6-2)14-18-8-10-19(11-9-18)20-15-21-13-12-16(3)4/h16-20H,5-15H2,1-4H3. The molecule has 1 rings (SSSR count). The maximum atomic E-state index is 5.68. The molecule has 1 atom stereocenters.